The highest BCUT2D eigenvalue weighted by atomic mass is 31.2. The monoisotopic (exact) mass is 843 g/mol. The molecule has 0 radical (unpaired) electrons. The molecule has 8 nitrogen and oxygen atoms in total. The largest absolute Gasteiger partial charge is 0.756 e. The second-order valence-corrected chi connectivity index (χ2v) is 19.9. The number of likely N-dealkylation sites (N-methyl/N-ethyl adjacent to an activating group) is 1. The van der Waals surface area contributed by atoms with E-state index in [-0.39, 0.29) is 19.1 Å². The lowest BCUT2D eigenvalue weighted by atomic mass is 10.0. The number of amides is 1. The van der Waals surface area contributed by atoms with Gasteiger partial charge in [-0.15, -0.1) is 0 Å². The summed E-state index contributed by atoms with van der Waals surface area (Å²) in [4.78, 5) is 25.4. The number of unbranched alkanes of at least 4 members (excludes halogenated alkanes) is 31. The summed E-state index contributed by atoms with van der Waals surface area (Å²) in [6, 6.07) is -0.799. The molecule has 9 heteroatoms. The van der Waals surface area contributed by atoms with Crippen molar-refractivity contribution in [1.82, 2.24) is 5.32 Å². The number of quaternary nitrogens is 1. The molecule has 3 atom stereocenters. The first-order valence-corrected chi connectivity index (χ1v) is 26.5. The van der Waals surface area contributed by atoms with Crippen molar-refractivity contribution >= 4 is 13.7 Å². The Morgan fingerprint density at radius 1 is 0.586 bits per heavy atom. The highest BCUT2D eigenvalue weighted by Crippen LogP contribution is 2.38. The minimum Gasteiger partial charge on any atom is -0.756 e. The maximum absolute atomic E-state index is 12.9. The fraction of sp³-hybridized carbons (Fsp3) is 0.939. The van der Waals surface area contributed by atoms with Crippen molar-refractivity contribution in [1.29, 1.82) is 0 Å². The number of nitrogens with one attached hydrogen (secondary N) is 1. The minimum absolute atomic E-state index is 0.0134. The van der Waals surface area contributed by atoms with Crippen LogP contribution in [0.1, 0.15) is 245 Å². The van der Waals surface area contributed by atoms with Gasteiger partial charge in [-0.05, 0) is 38.5 Å². The van der Waals surface area contributed by atoms with Gasteiger partial charge < -0.3 is 28.8 Å². The zero-order valence-corrected chi connectivity index (χ0v) is 40.2. The first kappa shape index (κ1) is 57.2. The van der Waals surface area contributed by atoms with Gasteiger partial charge in [-0.2, -0.15) is 0 Å². The van der Waals surface area contributed by atoms with Crippen LogP contribution >= 0.6 is 7.82 Å². The molecule has 58 heavy (non-hydrogen) atoms. The molecule has 0 bridgehead atoms. The van der Waals surface area contributed by atoms with E-state index in [0.29, 0.717) is 23.9 Å². The van der Waals surface area contributed by atoms with Crippen molar-refractivity contribution in [2.75, 3.05) is 40.9 Å². The van der Waals surface area contributed by atoms with E-state index in [0.717, 1.165) is 38.5 Å². The van der Waals surface area contributed by atoms with E-state index < -0.39 is 20.0 Å². The fourth-order valence-corrected chi connectivity index (χ4v) is 8.23. The van der Waals surface area contributed by atoms with Gasteiger partial charge in [0.25, 0.3) is 7.82 Å². The Morgan fingerprint density at radius 2 is 0.948 bits per heavy atom. The van der Waals surface area contributed by atoms with Crippen LogP contribution in [0, 0.1) is 0 Å². The van der Waals surface area contributed by atoms with E-state index in [9.17, 15) is 19.4 Å². The molecule has 0 aromatic carbocycles. The predicted molar refractivity (Wildman–Crippen MR) is 247 cm³/mol. The average Bonchev–Trinajstić information content (AvgIpc) is 3.17. The van der Waals surface area contributed by atoms with Crippen molar-refractivity contribution in [3.63, 3.8) is 0 Å². The smallest absolute Gasteiger partial charge is 0.268 e. The molecule has 0 aliphatic heterocycles. The van der Waals surface area contributed by atoms with Crippen molar-refractivity contribution < 1.29 is 32.9 Å². The Morgan fingerprint density at radius 3 is 1.34 bits per heavy atom. The fourth-order valence-electron chi connectivity index (χ4n) is 7.51. The van der Waals surface area contributed by atoms with Gasteiger partial charge in [-0.3, -0.25) is 9.36 Å². The van der Waals surface area contributed by atoms with Gasteiger partial charge in [0, 0.05) is 6.42 Å². The van der Waals surface area contributed by atoms with Crippen LogP contribution in [0.5, 0.6) is 0 Å². The predicted octanol–water partition coefficient (Wildman–Crippen LogP) is 13.7. The Kier molecular flexibility index (Phi) is 41.0. The summed E-state index contributed by atoms with van der Waals surface area (Å²) in [6.45, 7) is 4.74. The lowest BCUT2D eigenvalue weighted by molar-refractivity contribution is -0.870. The van der Waals surface area contributed by atoms with E-state index in [1.807, 2.05) is 21.1 Å². The Balaban J connectivity index is 4.23. The van der Waals surface area contributed by atoms with Crippen LogP contribution in [0.2, 0.25) is 0 Å². The van der Waals surface area contributed by atoms with Gasteiger partial charge in [0.05, 0.1) is 39.9 Å². The molecule has 0 aromatic rings. The van der Waals surface area contributed by atoms with Gasteiger partial charge in [-0.25, -0.2) is 0 Å². The zero-order chi connectivity index (χ0) is 42.8. The van der Waals surface area contributed by atoms with Crippen LogP contribution in [0.25, 0.3) is 0 Å². The molecular formula is C49H99N2O6P. The molecule has 0 saturated heterocycles. The van der Waals surface area contributed by atoms with Crippen molar-refractivity contribution in [2.24, 2.45) is 0 Å². The van der Waals surface area contributed by atoms with Crippen LogP contribution in [0.4, 0.5) is 0 Å². The summed E-state index contributed by atoms with van der Waals surface area (Å²) in [5, 5.41) is 13.9. The molecule has 0 aliphatic rings. The number of hydrogen-bond acceptors (Lipinski definition) is 6. The summed E-state index contributed by atoms with van der Waals surface area (Å²) >= 11 is 0. The molecular weight excluding hydrogens is 744 g/mol. The number of aliphatic hydroxyl groups excluding tert-OH is 1. The third-order valence-corrected chi connectivity index (χ3v) is 12.5. The number of phosphoric ester groups is 1. The quantitative estimate of drug-likeness (QED) is 0.0273. The van der Waals surface area contributed by atoms with Crippen LogP contribution in [0.15, 0.2) is 12.2 Å². The number of rotatable bonds is 46. The molecule has 0 fully saturated rings. The molecule has 0 heterocycles. The van der Waals surface area contributed by atoms with Gasteiger partial charge in [0.15, 0.2) is 0 Å². The van der Waals surface area contributed by atoms with Crippen LogP contribution in [0.3, 0.4) is 0 Å². The molecule has 346 valence electrons. The van der Waals surface area contributed by atoms with E-state index in [2.05, 4.69) is 31.3 Å². The SMILES string of the molecule is CCCCCCCCCCCCC/C=C\CCCCCCCCCC(=O)NC(COP(=O)([O-])OCC[N+](C)(C)C)C(O)CCCCCCCCCCCCCCCC. The van der Waals surface area contributed by atoms with Crippen molar-refractivity contribution in [2.45, 2.75) is 257 Å². The zero-order valence-electron chi connectivity index (χ0n) is 39.3. The number of carbonyl (C=O) groups is 1. The van der Waals surface area contributed by atoms with Crippen LogP contribution in [-0.2, 0) is 18.4 Å². The van der Waals surface area contributed by atoms with Gasteiger partial charge in [-0.1, -0.05) is 212 Å². The maximum atomic E-state index is 12.9. The lowest BCUT2D eigenvalue weighted by Gasteiger charge is -2.30. The molecule has 2 N–H and O–H groups in total. The standard InChI is InChI=1S/C49H99N2O6P/c1-6-8-10-12-14-16-18-20-22-23-24-25-26-27-28-29-31-33-35-37-39-41-43-49(53)50-47(46-57-58(54,55)56-45-44-51(3,4)5)48(52)42-40-38-36-34-32-30-21-19-17-15-13-11-9-7-2/h26-27,47-48,52H,6-25,28-46H2,1-5H3,(H-,50,53,54,55)/b27-26-. The summed E-state index contributed by atoms with van der Waals surface area (Å²) in [6.07, 6.45) is 47.9. The summed E-state index contributed by atoms with van der Waals surface area (Å²) in [5.74, 6) is -0.166. The molecule has 0 aromatic heterocycles. The summed E-state index contributed by atoms with van der Waals surface area (Å²) in [7, 11) is 1.31. The highest BCUT2D eigenvalue weighted by molar-refractivity contribution is 7.45. The summed E-state index contributed by atoms with van der Waals surface area (Å²) < 4.78 is 23.3. The molecule has 0 spiro atoms. The highest BCUT2D eigenvalue weighted by Gasteiger charge is 2.24. The first-order valence-electron chi connectivity index (χ1n) is 25.0. The Bertz CT molecular complexity index is 958. The van der Waals surface area contributed by atoms with Gasteiger partial charge in [0.2, 0.25) is 5.91 Å². The number of hydrogen-bond donors (Lipinski definition) is 2. The first-order chi connectivity index (χ1) is 28.0. The third-order valence-electron chi connectivity index (χ3n) is 11.5. The maximum Gasteiger partial charge on any atom is 0.268 e. The molecule has 0 aliphatic carbocycles. The third kappa shape index (κ3) is 43.3. The van der Waals surface area contributed by atoms with Gasteiger partial charge >= 0.3 is 0 Å². The molecule has 3 unspecified atom stereocenters. The van der Waals surface area contributed by atoms with Crippen LogP contribution < -0.4 is 10.2 Å². The Labute approximate surface area is 361 Å². The minimum atomic E-state index is -4.56. The number of phosphoric acid groups is 1. The van der Waals surface area contributed by atoms with Gasteiger partial charge in [0.1, 0.15) is 13.2 Å². The average molecular weight is 843 g/mol. The Hall–Kier alpha value is -0.760. The summed E-state index contributed by atoms with van der Waals surface area (Å²) in [5.41, 5.74) is 0. The molecule has 0 rings (SSSR count). The van der Waals surface area contributed by atoms with E-state index in [4.69, 9.17) is 9.05 Å². The lowest BCUT2D eigenvalue weighted by Crippen LogP contribution is -2.46. The number of aliphatic hydroxyl groups is 1. The molecule has 0 saturated carbocycles. The van der Waals surface area contributed by atoms with Crippen molar-refractivity contribution in [3.8, 4) is 0 Å². The van der Waals surface area contributed by atoms with E-state index >= 15 is 0 Å². The van der Waals surface area contributed by atoms with Crippen molar-refractivity contribution in [3.05, 3.63) is 12.2 Å². The molecule has 1 amide bonds. The number of carbonyl (C=O) groups excluding carboxylic acids is 1. The van der Waals surface area contributed by atoms with E-state index in [1.54, 1.807) is 0 Å². The van der Waals surface area contributed by atoms with E-state index in [1.165, 1.54) is 180 Å². The second kappa shape index (κ2) is 41.6. The number of allylic oxidation sites excluding steroid dienone is 2. The van der Waals surface area contributed by atoms with Crippen LogP contribution in [-0.4, -0.2) is 68.5 Å². The normalized spacial score (nSPS) is 14.3. The topological polar surface area (TPSA) is 108 Å². The number of nitrogens with zero attached hydrogens (tertiary/aromatic N) is 1. The second-order valence-electron chi connectivity index (χ2n) is 18.5.